The molecular formula is C6H6AsCl3. The number of hydrogen-bond donors (Lipinski definition) is 0. The molecule has 0 N–H and O–H groups in total. The summed E-state index contributed by atoms with van der Waals surface area (Å²) in [4.78, 5) is 5.73. The van der Waals surface area contributed by atoms with Gasteiger partial charge in [-0.1, -0.05) is 0 Å². The van der Waals surface area contributed by atoms with Crippen molar-refractivity contribution in [2.45, 2.75) is 0 Å². The summed E-state index contributed by atoms with van der Waals surface area (Å²) in [7, 11) is 0. The zero-order valence-electron chi connectivity index (χ0n) is 5.05. The molecule has 0 atom stereocenters. The van der Waals surface area contributed by atoms with Gasteiger partial charge in [0.05, 0.1) is 0 Å². The van der Waals surface area contributed by atoms with Gasteiger partial charge in [-0.2, -0.15) is 0 Å². The Morgan fingerprint density at radius 2 is 1.00 bits per heavy atom. The second-order valence-corrected chi connectivity index (χ2v) is 5.78. The van der Waals surface area contributed by atoms with Crippen molar-refractivity contribution in [3.8, 4) is 0 Å². The first kappa shape index (κ1) is 10.6. The van der Waals surface area contributed by atoms with Crippen LogP contribution >= 0.6 is 34.8 Å². The van der Waals surface area contributed by atoms with E-state index in [2.05, 4.69) is 0 Å². The zero-order chi connectivity index (χ0) is 7.82. The molecule has 0 aliphatic heterocycles. The summed E-state index contributed by atoms with van der Waals surface area (Å²) in [5.41, 5.74) is 4.48. The van der Waals surface area contributed by atoms with Crippen LogP contribution in [0.15, 0.2) is 31.2 Å². The molecule has 56 valence electrons. The van der Waals surface area contributed by atoms with Gasteiger partial charge >= 0.3 is 80.7 Å². The Balaban J connectivity index is 3.97. The molecule has 0 aliphatic rings. The fourth-order valence-electron chi connectivity index (χ4n) is 0.344. The molecule has 0 aromatic carbocycles. The molecule has 0 rings (SSSR count). The van der Waals surface area contributed by atoms with Crippen LogP contribution in [0.3, 0.4) is 0 Å². The van der Waals surface area contributed by atoms with E-state index in [1.807, 2.05) is 14.6 Å². The normalized spacial score (nSPS) is 15.9. The molecule has 0 aromatic rings. The van der Waals surface area contributed by atoms with Crippen LogP contribution in [0, 0.1) is 0 Å². The average Bonchev–Trinajstić information content (AvgIpc) is 1.90. The van der Waals surface area contributed by atoms with Crippen molar-refractivity contribution in [2.75, 3.05) is 0 Å². The summed E-state index contributed by atoms with van der Waals surface area (Å²) in [6.45, 7) is 0. The van der Waals surface area contributed by atoms with Crippen LogP contribution in [0.25, 0.3) is 0 Å². The standard InChI is InChI=1S/C6H6AsCl3/c8-4-1-7(2-5-9)3-6-10/h1-6H. The van der Waals surface area contributed by atoms with E-state index in [1.54, 1.807) is 0 Å². The summed E-state index contributed by atoms with van der Waals surface area (Å²) in [6.07, 6.45) is 0. The summed E-state index contributed by atoms with van der Waals surface area (Å²) < 4.78 is 0. The number of hydrogen-bond acceptors (Lipinski definition) is 0. The van der Waals surface area contributed by atoms with Gasteiger partial charge in [-0.15, -0.1) is 0 Å². The molecule has 0 amide bonds. The Hall–Kier alpha value is 0.648. The van der Waals surface area contributed by atoms with Crippen LogP contribution in [-0.4, -0.2) is 14.7 Å². The molecule has 10 heavy (non-hydrogen) atoms. The quantitative estimate of drug-likeness (QED) is 0.682. The second-order valence-electron chi connectivity index (χ2n) is 1.27. The van der Waals surface area contributed by atoms with E-state index in [-0.39, 0.29) is 0 Å². The van der Waals surface area contributed by atoms with Crippen molar-refractivity contribution in [3.05, 3.63) is 31.2 Å². The van der Waals surface area contributed by atoms with E-state index in [1.165, 1.54) is 16.6 Å². The van der Waals surface area contributed by atoms with Crippen LogP contribution < -0.4 is 0 Å². The number of rotatable bonds is 3. The fourth-order valence-corrected chi connectivity index (χ4v) is 3.82. The molecule has 0 radical (unpaired) electrons. The first-order chi connectivity index (χ1) is 4.85. The van der Waals surface area contributed by atoms with E-state index >= 15 is 0 Å². The Morgan fingerprint density at radius 3 is 1.20 bits per heavy atom. The van der Waals surface area contributed by atoms with Crippen molar-refractivity contribution in [2.24, 2.45) is 0 Å². The van der Waals surface area contributed by atoms with Crippen molar-refractivity contribution in [1.82, 2.24) is 0 Å². The first-order valence-corrected chi connectivity index (χ1v) is 6.99. The van der Waals surface area contributed by atoms with Gasteiger partial charge in [-0.05, 0) is 0 Å². The molecule has 0 saturated heterocycles. The summed E-state index contributed by atoms with van der Waals surface area (Å²) in [5, 5.41) is 0. The van der Waals surface area contributed by atoms with Crippen molar-refractivity contribution in [3.63, 3.8) is 0 Å². The second kappa shape index (κ2) is 7.75. The van der Waals surface area contributed by atoms with Gasteiger partial charge in [0, 0.05) is 0 Å². The monoisotopic (exact) mass is 258 g/mol. The van der Waals surface area contributed by atoms with Crippen molar-refractivity contribution in [1.29, 1.82) is 0 Å². The first-order valence-electron chi connectivity index (χ1n) is 2.43. The van der Waals surface area contributed by atoms with E-state index in [9.17, 15) is 0 Å². The van der Waals surface area contributed by atoms with Crippen LogP contribution in [0.5, 0.6) is 0 Å². The molecule has 0 saturated carbocycles. The van der Waals surface area contributed by atoms with E-state index in [0.29, 0.717) is 0 Å². The maximum atomic E-state index is 5.37. The van der Waals surface area contributed by atoms with Gasteiger partial charge in [-0.25, -0.2) is 0 Å². The molecular weight excluding hydrogens is 253 g/mol. The maximum absolute atomic E-state index is 5.37. The van der Waals surface area contributed by atoms with Gasteiger partial charge in [0.2, 0.25) is 0 Å². The van der Waals surface area contributed by atoms with E-state index < -0.39 is 14.7 Å². The third kappa shape index (κ3) is 5.43. The molecule has 0 unspecified atom stereocenters. The molecule has 0 nitrogen and oxygen atoms in total. The van der Waals surface area contributed by atoms with Crippen molar-refractivity contribution < 1.29 is 0 Å². The van der Waals surface area contributed by atoms with Gasteiger partial charge in [0.15, 0.2) is 0 Å². The van der Waals surface area contributed by atoms with Crippen LogP contribution in [0.1, 0.15) is 0 Å². The van der Waals surface area contributed by atoms with E-state index in [4.69, 9.17) is 34.8 Å². The third-order valence-electron chi connectivity index (χ3n) is 0.685. The zero-order valence-corrected chi connectivity index (χ0v) is 9.19. The molecule has 0 aromatic heterocycles. The molecule has 0 fully saturated rings. The fraction of sp³-hybridized carbons (Fsp3) is 0. The Kier molecular flexibility index (Phi) is 8.25. The van der Waals surface area contributed by atoms with Crippen molar-refractivity contribution >= 4 is 49.5 Å². The molecule has 0 heterocycles. The predicted molar refractivity (Wildman–Crippen MR) is 50.7 cm³/mol. The average molecular weight is 259 g/mol. The molecule has 0 spiro atoms. The molecule has 0 bridgehead atoms. The molecule has 0 aliphatic carbocycles. The SMILES string of the molecule is ClC=C[As](C=CCl)C=CCl. The minimum absolute atomic E-state index is 1.23. The van der Waals surface area contributed by atoms with Crippen LogP contribution in [0.4, 0.5) is 0 Å². The van der Waals surface area contributed by atoms with Gasteiger partial charge in [-0.3, -0.25) is 0 Å². The predicted octanol–water partition coefficient (Wildman–Crippen LogP) is 3.36. The summed E-state index contributed by atoms with van der Waals surface area (Å²) in [6, 6.07) is 0. The van der Waals surface area contributed by atoms with Gasteiger partial charge in [0.25, 0.3) is 0 Å². The Morgan fingerprint density at radius 1 is 0.700 bits per heavy atom. The number of halogens is 3. The van der Waals surface area contributed by atoms with Gasteiger partial charge < -0.3 is 0 Å². The Bertz CT molecular complexity index is 123. The summed E-state index contributed by atoms with van der Waals surface area (Å²) >= 11 is 14.9. The van der Waals surface area contributed by atoms with E-state index in [0.717, 1.165) is 0 Å². The molecule has 4 heteroatoms. The van der Waals surface area contributed by atoms with Gasteiger partial charge in [0.1, 0.15) is 0 Å². The van der Waals surface area contributed by atoms with Crippen LogP contribution in [-0.2, 0) is 0 Å². The Labute approximate surface area is 80.4 Å². The summed E-state index contributed by atoms with van der Waals surface area (Å²) in [5.74, 6) is 0. The third-order valence-corrected chi connectivity index (χ3v) is 5.32. The van der Waals surface area contributed by atoms with Crippen LogP contribution in [0.2, 0.25) is 0 Å². The minimum atomic E-state index is -1.23. The topological polar surface area (TPSA) is 0 Å².